The van der Waals surface area contributed by atoms with E-state index in [-0.39, 0.29) is 18.4 Å². The van der Waals surface area contributed by atoms with Crippen molar-refractivity contribution in [1.82, 2.24) is 4.90 Å². The van der Waals surface area contributed by atoms with E-state index < -0.39 is 5.97 Å². The number of thioether (sulfide) groups is 1. The number of fused-ring (bicyclic) bond motifs is 1. The van der Waals surface area contributed by atoms with Crippen molar-refractivity contribution in [2.24, 2.45) is 0 Å². The highest BCUT2D eigenvalue weighted by atomic mass is 32.2. The van der Waals surface area contributed by atoms with Crippen molar-refractivity contribution in [3.8, 4) is 11.5 Å². The molecule has 0 radical (unpaired) electrons. The summed E-state index contributed by atoms with van der Waals surface area (Å²) in [6.45, 7) is 1.73. The van der Waals surface area contributed by atoms with Crippen molar-refractivity contribution in [3.05, 3.63) is 23.8 Å². The Kier molecular flexibility index (Phi) is 4.95. The summed E-state index contributed by atoms with van der Waals surface area (Å²) >= 11 is 1.69. The molecule has 0 spiro atoms. The molecule has 0 bridgehead atoms. The molecule has 1 atom stereocenters. The summed E-state index contributed by atoms with van der Waals surface area (Å²) in [5, 5.41) is 9.04. The number of nitrogens with zero attached hydrogens (tertiary/aromatic N) is 1. The van der Waals surface area contributed by atoms with Crippen LogP contribution in [-0.4, -0.2) is 59.2 Å². The lowest BCUT2D eigenvalue weighted by atomic mass is 10.1. The minimum atomic E-state index is -0.881. The number of hydrogen-bond donors (Lipinski definition) is 1. The summed E-state index contributed by atoms with van der Waals surface area (Å²) in [6, 6.07) is 4.89. The molecule has 23 heavy (non-hydrogen) atoms. The van der Waals surface area contributed by atoms with Gasteiger partial charge in [0.15, 0.2) is 11.5 Å². The van der Waals surface area contributed by atoms with E-state index >= 15 is 0 Å². The summed E-state index contributed by atoms with van der Waals surface area (Å²) < 4.78 is 11.2. The summed E-state index contributed by atoms with van der Waals surface area (Å²) in [6.07, 6.45) is 0.783. The Morgan fingerprint density at radius 2 is 2.04 bits per heavy atom. The van der Waals surface area contributed by atoms with E-state index in [0.717, 1.165) is 12.2 Å². The molecule has 0 aromatic heterocycles. The number of carboxylic acid groups (broad SMARTS) is 1. The second-order valence-electron chi connectivity index (χ2n) is 5.54. The third kappa shape index (κ3) is 3.72. The minimum absolute atomic E-state index is 0.0245. The number of ether oxygens (including phenoxy) is 2. The Balaban J connectivity index is 1.81. The molecule has 2 aliphatic rings. The predicted molar refractivity (Wildman–Crippen MR) is 86.5 cm³/mol. The molecule has 1 unspecified atom stereocenters. The second-order valence-corrected chi connectivity index (χ2v) is 6.69. The van der Waals surface area contributed by atoms with Crippen molar-refractivity contribution in [3.63, 3.8) is 0 Å². The Labute approximate surface area is 138 Å². The average molecular weight is 337 g/mol. The number of hydrogen-bond acceptors (Lipinski definition) is 5. The molecule has 2 aliphatic heterocycles. The summed E-state index contributed by atoms with van der Waals surface area (Å²) in [5.41, 5.74) is 0.511. The predicted octanol–water partition coefficient (Wildman–Crippen LogP) is 1.88. The molecule has 0 aliphatic carbocycles. The van der Waals surface area contributed by atoms with Gasteiger partial charge in [-0.25, -0.2) is 0 Å². The van der Waals surface area contributed by atoms with Gasteiger partial charge in [-0.3, -0.25) is 9.59 Å². The molecule has 1 N–H and O–H groups in total. The van der Waals surface area contributed by atoms with Crippen LogP contribution >= 0.6 is 11.8 Å². The number of carboxylic acids is 1. The van der Waals surface area contributed by atoms with Crippen molar-refractivity contribution >= 4 is 23.6 Å². The van der Waals surface area contributed by atoms with Crippen LogP contribution in [0.2, 0.25) is 0 Å². The van der Waals surface area contributed by atoms with E-state index in [1.807, 2.05) is 0 Å². The first-order valence-corrected chi connectivity index (χ1v) is 8.81. The molecule has 1 aromatic carbocycles. The fourth-order valence-corrected chi connectivity index (χ4v) is 3.82. The van der Waals surface area contributed by atoms with Gasteiger partial charge in [-0.05, 0) is 18.2 Å². The van der Waals surface area contributed by atoms with Crippen LogP contribution in [0.4, 0.5) is 0 Å². The fraction of sp³-hybridized carbons (Fsp3) is 0.500. The van der Waals surface area contributed by atoms with Crippen molar-refractivity contribution in [1.29, 1.82) is 0 Å². The number of carbonyl (C=O) groups is 2. The molecule has 1 fully saturated rings. The van der Waals surface area contributed by atoms with Crippen LogP contribution in [-0.2, 0) is 4.79 Å². The standard InChI is InChI=1S/C16H19NO5S/c18-15(19)9-12-10-23-7-4-17(12)16(20)11-2-3-13-14(8-11)22-6-1-5-21-13/h2-3,8,12H,1,4-7,9-10H2,(H,18,19). The van der Waals surface area contributed by atoms with Crippen LogP contribution in [0.5, 0.6) is 11.5 Å². The molecule has 3 rings (SSSR count). The third-order valence-corrected chi connectivity index (χ3v) is 4.98. The maximum absolute atomic E-state index is 12.8. The zero-order chi connectivity index (χ0) is 16.2. The molecule has 1 aromatic rings. The molecule has 2 heterocycles. The molecule has 6 nitrogen and oxygen atoms in total. The lowest BCUT2D eigenvalue weighted by Gasteiger charge is -2.34. The van der Waals surface area contributed by atoms with Crippen LogP contribution in [0.15, 0.2) is 18.2 Å². The van der Waals surface area contributed by atoms with E-state index in [0.29, 0.717) is 42.6 Å². The number of benzene rings is 1. The first-order valence-electron chi connectivity index (χ1n) is 7.65. The van der Waals surface area contributed by atoms with Gasteiger partial charge < -0.3 is 19.5 Å². The van der Waals surface area contributed by atoms with Gasteiger partial charge in [-0.15, -0.1) is 0 Å². The van der Waals surface area contributed by atoms with Crippen molar-refractivity contribution < 1.29 is 24.2 Å². The highest BCUT2D eigenvalue weighted by molar-refractivity contribution is 7.99. The number of aliphatic carboxylic acids is 1. The van der Waals surface area contributed by atoms with Gasteiger partial charge >= 0.3 is 5.97 Å². The Morgan fingerprint density at radius 1 is 1.26 bits per heavy atom. The normalized spacial score (nSPS) is 20.7. The van der Waals surface area contributed by atoms with E-state index in [2.05, 4.69) is 0 Å². The van der Waals surface area contributed by atoms with Crippen LogP contribution < -0.4 is 9.47 Å². The molecule has 124 valence electrons. The summed E-state index contributed by atoms with van der Waals surface area (Å²) in [4.78, 5) is 25.5. The molecular formula is C16H19NO5S. The molecular weight excluding hydrogens is 318 g/mol. The van der Waals surface area contributed by atoms with E-state index in [1.54, 1.807) is 34.9 Å². The Hall–Kier alpha value is -1.89. The van der Waals surface area contributed by atoms with Crippen molar-refractivity contribution in [2.45, 2.75) is 18.9 Å². The van der Waals surface area contributed by atoms with Crippen LogP contribution in [0, 0.1) is 0 Å². The van der Waals surface area contributed by atoms with E-state index in [1.165, 1.54) is 0 Å². The highest BCUT2D eigenvalue weighted by Crippen LogP contribution is 2.31. The minimum Gasteiger partial charge on any atom is -0.490 e. The molecule has 1 amide bonds. The van der Waals surface area contributed by atoms with Gasteiger partial charge in [0.05, 0.1) is 25.7 Å². The van der Waals surface area contributed by atoms with Crippen LogP contribution in [0.25, 0.3) is 0 Å². The fourth-order valence-electron chi connectivity index (χ4n) is 2.76. The van der Waals surface area contributed by atoms with Gasteiger partial charge in [-0.1, -0.05) is 0 Å². The number of amides is 1. The second kappa shape index (κ2) is 7.12. The van der Waals surface area contributed by atoms with Gasteiger partial charge in [0.1, 0.15) is 0 Å². The SMILES string of the molecule is O=C(O)CC1CSCCN1C(=O)c1ccc2c(c1)OCCCO2. The first kappa shape index (κ1) is 16.0. The van der Waals surface area contributed by atoms with Crippen LogP contribution in [0.3, 0.4) is 0 Å². The maximum Gasteiger partial charge on any atom is 0.305 e. The highest BCUT2D eigenvalue weighted by Gasteiger charge is 2.30. The van der Waals surface area contributed by atoms with E-state index in [9.17, 15) is 9.59 Å². The number of rotatable bonds is 3. The summed E-state index contributed by atoms with van der Waals surface area (Å²) in [7, 11) is 0. The van der Waals surface area contributed by atoms with Gasteiger partial charge in [0, 0.05) is 30.0 Å². The maximum atomic E-state index is 12.8. The Morgan fingerprint density at radius 3 is 2.83 bits per heavy atom. The van der Waals surface area contributed by atoms with Crippen molar-refractivity contribution in [2.75, 3.05) is 31.3 Å². The monoisotopic (exact) mass is 337 g/mol. The Bertz CT molecular complexity index is 606. The van der Waals surface area contributed by atoms with Gasteiger partial charge in [-0.2, -0.15) is 11.8 Å². The molecule has 0 saturated carbocycles. The quantitative estimate of drug-likeness (QED) is 0.908. The summed E-state index contributed by atoms with van der Waals surface area (Å²) in [5.74, 6) is 1.68. The average Bonchev–Trinajstić information content (AvgIpc) is 2.78. The lowest BCUT2D eigenvalue weighted by Crippen LogP contribution is -2.47. The largest absolute Gasteiger partial charge is 0.490 e. The lowest BCUT2D eigenvalue weighted by molar-refractivity contribution is -0.138. The third-order valence-electron chi connectivity index (χ3n) is 3.89. The molecule has 7 heteroatoms. The zero-order valence-electron chi connectivity index (χ0n) is 12.7. The first-order chi connectivity index (χ1) is 11.1. The van der Waals surface area contributed by atoms with Gasteiger partial charge in [0.25, 0.3) is 5.91 Å². The molecule has 1 saturated heterocycles. The smallest absolute Gasteiger partial charge is 0.305 e. The van der Waals surface area contributed by atoms with Crippen LogP contribution in [0.1, 0.15) is 23.2 Å². The topological polar surface area (TPSA) is 76.1 Å². The number of carbonyl (C=O) groups excluding carboxylic acids is 1. The zero-order valence-corrected chi connectivity index (χ0v) is 13.5. The van der Waals surface area contributed by atoms with E-state index in [4.69, 9.17) is 14.6 Å². The van der Waals surface area contributed by atoms with Gasteiger partial charge in [0.2, 0.25) is 0 Å².